The Morgan fingerprint density at radius 1 is 1.33 bits per heavy atom. The van der Waals surface area contributed by atoms with Gasteiger partial charge in [-0.15, -0.1) is 0 Å². The zero-order chi connectivity index (χ0) is 15.2. The van der Waals surface area contributed by atoms with Crippen molar-refractivity contribution in [3.8, 4) is 0 Å². The van der Waals surface area contributed by atoms with Gasteiger partial charge in [0.15, 0.2) is 0 Å². The Hall–Kier alpha value is -1.16. The van der Waals surface area contributed by atoms with Crippen molar-refractivity contribution in [1.82, 2.24) is 5.32 Å². The second-order valence-electron chi connectivity index (χ2n) is 5.64. The van der Waals surface area contributed by atoms with Crippen LogP contribution >= 0.6 is 11.8 Å². The molecule has 2 rings (SSSR count). The van der Waals surface area contributed by atoms with Crippen LogP contribution in [0.2, 0.25) is 0 Å². The Bertz CT molecular complexity index is 490. The first-order valence-corrected chi connectivity index (χ1v) is 8.95. The Kier molecular flexibility index (Phi) is 5.97. The molecule has 1 fully saturated rings. The molecule has 116 valence electrons. The number of benzene rings is 1. The molecule has 2 unspecified atom stereocenters. The van der Waals surface area contributed by atoms with Gasteiger partial charge < -0.3 is 10.6 Å². The number of carbonyl (C=O) groups excluding carboxylic acids is 1. The third kappa shape index (κ3) is 4.40. The fraction of sp³-hybridized carbons (Fsp3) is 0.588. The average Bonchev–Trinajstić information content (AvgIpc) is 2.87. The summed E-state index contributed by atoms with van der Waals surface area (Å²) in [5, 5.41) is 7.21. The lowest BCUT2D eigenvalue weighted by Gasteiger charge is -2.16. The van der Waals surface area contributed by atoms with E-state index in [1.165, 1.54) is 12.0 Å². The normalized spacial score (nSPS) is 21.3. The molecule has 0 saturated heterocycles. The molecule has 1 amide bonds. The average molecular weight is 306 g/mol. The highest BCUT2D eigenvalue weighted by Gasteiger charge is 2.26. The van der Waals surface area contributed by atoms with Gasteiger partial charge in [-0.1, -0.05) is 13.0 Å². The molecule has 1 aromatic rings. The molecular weight excluding hydrogens is 280 g/mol. The summed E-state index contributed by atoms with van der Waals surface area (Å²) < 4.78 is 0. The standard InChI is InChI=1S/C17H26N2OS/c1-4-18-16-10-12(3)6-9-15(16)17(20)19-13-7-8-14(11-13)21-5-2/h6,9-10,13-14,18H,4-5,7-8,11H2,1-3H3,(H,19,20). The highest BCUT2D eigenvalue weighted by molar-refractivity contribution is 7.99. The van der Waals surface area contributed by atoms with Crippen LogP contribution in [0.5, 0.6) is 0 Å². The maximum atomic E-state index is 12.5. The summed E-state index contributed by atoms with van der Waals surface area (Å²) in [5.74, 6) is 1.21. The Labute approximate surface area is 132 Å². The molecule has 0 aliphatic heterocycles. The Morgan fingerprint density at radius 3 is 2.86 bits per heavy atom. The summed E-state index contributed by atoms with van der Waals surface area (Å²) in [6.45, 7) is 7.12. The van der Waals surface area contributed by atoms with Crippen molar-refractivity contribution >= 4 is 23.4 Å². The molecule has 2 atom stereocenters. The van der Waals surface area contributed by atoms with E-state index in [9.17, 15) is 4.79 Å². The first kappa shape index (κ1) is 16.2. The van der Waals surface area contributed by atoms with E-state index in [1.807, 2.05) is 43.8 Å². The minimum Gasteiger partial charge on any atom is -0.385 e. The topological polar surface area (TPSA) is 41.1 Å². The van der Waals surface area contributed by atoms with Gasteiger partial charge in [-0.3, -0.25) is 4.79 Å². The van der Waals surface area contributed by atoms with Crippen LogP contribution in [-0.2, 0) is 0 Å². The minimum absolute atomic E-state index is 0.0538. The van der Waals surface area contributed by atoms with Crippen molar-refractivity contribution in [1.29, 1.82) is 0 Å². The van der Waals surface area contributed by atoms with Gasteiger partial charge in [0.2, 0.25) is 0 Å². The second kappa shape index (κ2) is 7.74. The SMILES string of the molecule is CCNc1cc(C)ccc1C(=O)NC1CCC(SCC)C1. The summed E-state index contributed by atoms with van der Waals surface area (Å²) >= 11 is 2.02. The lowest BCUT2D eigenvalue weighted by molar-refractivity contribution is 0.0939. The Morgan fingerprint density at radius 2 is 2.14 bits per heavy atom. The molecule has 2 N–H and O–H groups in total. The molecule has 21 heavy (non-hydrogen) atoms. The van der Waals surface area contributed by atoms with Gasteiger partial charge in [0.1, 0.15) is 0 Å². The number of rotatable bonds is 6. The van der Waals surface area contributed by atoms with Crippen LogP contribution in [0, 0.1) is 6.92 Å². The van der Waals surface area contributed by atoms with Gasteiger partial charge in [-0.2, -0.15) is 11.8 Å². The lowest BCUT2D eigenvalue weighted by Crippen LogP contribution is -2.33. The van der Waals surface area contributed by atoms with Crippen molar-refractivity contribution in [2.75, 3.05) is 17.6 Å². The molecule has 0 aromatic heterocycles. The quantitative estimate of drug-likeness (QED) is 0.839. The first-order valence-electron chi connectivity index (χ1n) is 7.91. The van der Waals surface area contributed by atoms with E-state index in [1.54, 1.807) is 0 Å². The number of hydrogen-bond donors (Lipinski definition) is 2. The van der Waals surface area contributed by atoms with Crippen LogP contribution in [0.25, 0.3) is 0 Å². The molecule has 0 spiro atoms. The van der Waals surface area contributed by atoms with Gasteiger partial charge in [-0.05, 0) is 56.6 Å². The number of nitrogens with one attached hydrogen (secondary N) is 2. The van der Waals surface area contributed by atoms with E-state index in [0.717, 1.165) is 36.4 Å². The van der Waals surface area contributed by atoms with Crippen molar-refractivity contribution in [2.45, 2.75) is 51.3 Å². The van der Waals surface area contributed by atoms with Crippen molar-refractivity contribution < 1.29 is 4.79 Å². The maximum absolute atomic E-state index is 12.5. The zero-order valence-corrected chi connectivity index (χ0v) is 14.1. The smallest absolute Gasteiger partial charge is 0.253 e. The largest absolute Gasteiger partial charge is 0.385 e. The van der Waals surface area contributed by atoms with E-state index in [-0.39, 0.29) is 5.91 Å². The number of aryl methyl sites for hydroxylation is 1. The van der Waals surface area contributed by atoms with E-state index in [2.05, 4.69) is 17.6 Å². The second-order valence-corrected chi connectivity index (χ2v) is 7.22. The fourth-order valence-corrected chi connectivity index (χ4v) is 4.06. The predicted molar refractivity (Wildman–Crippen MR) is 92.4 cm³/mol. The molecule has 0 radical (unpaired) electrons. The molecule has 4 heteroatoms. The van der Waals surface area contributed by atoms with Crippen LogP contribution in [-0.4, -0.2) is 29.5 Å². The number of anilines is 1. The van der Waals surface area contributed by atoms with Crippen molar-refractivity contribution in [2.24, 2.45) is 0 Å². The van der Waals surface area contributed by atoms with Crippen LogP contribution in [0.4, 0.5) is 5.69 Å². The highest BCUT2D eigenvalue weighted by atomic mass is 32.2. The van der Waals surface area contributed by atoms with Gasteiger partial charge >= 0.3 is 0 Å². The zero-order valence-electron chi connectivity index (χ0n) is 13.2. The van der Waals surface area contributed by atoms with Crippen LogP contribution < -0.4 is 10.6 Å². The first-order chi connectivity index (χ1) is 10.1. The highest BCUT2D eigenvalue weighted by Crippen LogP contribution is 2.30. The molecule has 1 aliphatic rings. The molecule has 0 bridgehead atoms. The number of hydrogen-bond acceptors (Lipinski definition) is 3. The van der Waals surface area contributed by atoms with Crippen LogP contribution in [0.1, 0.15) is 49.0 Å². The third-order valence-electron chi connectivity index (χ3n) is 3.91. The molecule has 1 saturated carbocycles. The van der Waals surface area contributed by atoms with E-state index in [4.69, 9.17) is 0 Å². The maximum Gasteiger partial charge on any atom is 0.253 e. The summed E-state index contributed by atoms with van der Waals surface area (Å²) in [6, 6.07) is 6.30. The van der Waals surface area contributed by atoms with Gasteiger partial charge in [0, 0.05) is 23.5 Å². The van der Waals surface area contributed by atoms with Gasteiger partial charge in [-0.25, -0.2) is 0 Å². The van der Waals surface area contributed by atoms with E-state index in [0.29, 0.717) is 11.3 Å². The van der Waals surface area contributed by atoms with Gasteiger partial charge in [0.25, 0.3) is 5.91 Å². The Balaban J connectivity index is 2.00. The number of thioether (sulfide) groups is 1. The summed E-state index contributed by atoms with van der Waals surface area (Å²) in [4.78, 5) is 12.5. The molecular formula is C17H26N2OS. The summed E-state index contributed by atoms with van der Waals surface area (Å²) in [6.07, 6.45) is 3.43. The fourth-order valence-electron chi connectivity index (χ4n) is 2.91. The van der Waals surface area contributed by atoms with Crippen molar-refractivity contribution in [3.05, 3.63) is 29.3 Å². The number of amides is 1. The third-order valence-corrected chi connectivity index (χ3v) is 5.14. The van der Waals surface area contributed by atoms with Gasteiger partial charge in [0.05, 0.1) is 5.56 Å². The van der Waals surface area contributed by atoms with Crippen LogP contribution in [0.15, 0.2) is 18.2 Å². The van der Waals surface area contributed by atoms with E-state index >= 15 is 0 Å². The molecule has 3 nitrogen and oxygen atoms in total. The minimum atomic E-state index is 0.0538. The van der Waals surface area contributed by atoms with Crippen molar-refractivity contribution in [3.63, 3.8) is 0 Å². The monoisotopic (exact) mass is 306 g/mol. The molecule has 1 aliphatic carbocycles. The predicted octanol–water partition coefficient (Wildman–Crippen LogP) is 3.83. The molecule has 0 heterocycles. The lowest BCUT2D eigenvalue weighted by atomic mass is 10.1. The van der Waals surface area contributed by atoms with E-state index < -0.39 is 0 Å². The number of carbonyl (C=O) groups is 1. The summed E-state index contributed by atoms with van der Waals surface area (Å²) in [7, 11) is 0. The summed E-state index contributed by atoms with van der Waals surface area (Å²) in [5.41, 5.74) is 2.87. The molecule has 1 aromatic carbocycles. The van der Waals surface area contributed by atoms with Crippen LogP contribution in [0.3, 0.4) is 0 Å².